The lowest BCUT2D eigenvalue weighted by Gasteiger charge is -2.14. The maximum absolute atomic E-state index is 12.1. The number of nitrogens with zero attached hydrogens (tertiary/aromatic N) is 1. The van der Waals surface area contributed by atoms with E-state index in [0.29, 0.717) is 5.69 Å². The summed E-state index contributed by atoms with van der Waals surface area (Å²) in [5.74, 6) is -1.31. The Balaban J connectivity index is 2.05. The molecular weight excluding hydrogens is 392 g/mol. The SMILES string of the molecule is Cc1cccc(NC(=O)[C@H](C)OC(=O)c2ccc(Br)c([N+](=O)[O-])c2)c1. The number of rotatable bonds is 5. The van der Waals surface area contributed by atoms with Crippen LogP contribution in [0.4, 0.5) is 11.4 Å². The zero-order valence-electron chi connectivity index (χ0n) is 13.5. The molecule has 0 aliphatic carbocycles. The van der Waals surface area contributed by atoms with Crippen molar-refractivity contribution < 1.29 is 19.2 Å². The van der Waals surface area contributed by atoms with E-state index >= 15 is 0 Å². The fraction of sp³-hybridized carbons (Fsp3) is 0.176. The van der Waals surface area contributed by atoms with Gasteiger partial charge in [-0.3, -0.25) is 14.9 Å². The molecule has 2 aromatic rings. The number of aryl methyl sites for hydroxylation is 1. The molecule has 2 aromatic carbocycles. The smallest absolute Gasteiger partial charge is 0.339 e. The molecule has 0 radical (unpaired) electrons. The summed E-state index contributed by atoms with van der Waals surface area (Å²) >= 11 is 3.04. The minimum absolute atomic E-state index is 0.00916. The molecular formula is C17H15BrN2O5. The molecule has 1 amide bonds. The third-order valence-electron chi connectivity index (χ3n) is 3.32. The third kappa shape index (κ3) is 4.87. The standard InChI is InChI=1S/C17H15BrN2O5/c1-10-4-3-5-13(8-10)19-16(21)11(2)25-17(22)12-6-7-14(18)15(9-12)20(23)24/h3-9,11H,1-2H3,(H,19,21)/t11-/m0/s1. The van der Waals surface area contributed by atoms with E-state index in [4.69, 9.17) is 4.74 Å². The Morgan fingerprint density at radius 3 is 2.60 bits per heavy atom. The van der Waals surface area contributed by atoms with Crippen LogP contribution in [0.25, 0.3) is 0 Å². The summed E-state index contributed by atoms with van der Waals surface area (Å²) in [6, 6.07) is 11.0. The normalized spacial score (nSPS) is 11.5. The molecule has 1 atom stereocenters. The van der Waals surface area contributed by atoms with Crippen LogP contribution < -0.4 is 5.32 Å². The Kier molecular flexibility index (Phi) is 5.87. The molecule has 2 rings (SSSR count). The molecule has 0 unspecified atom stereocenters. The van der Waals surface area contributed by atoms with Crippen molar-refractivity contribution in [2.24, 2.45) is 0 Å². The Morgan fingerprint density at radius 1 is 1.24 bits per heavy atom. The van der Waals surface area contributed by atoms with Crippen LogP contribution in [-0.4, -0.2) is 22.9 Å². The summed E-state index contributed by atoms with van der Waals surface area (Å²) in [6.45, 7) is 3.32. The van der Waals surface area contributed by atoms with Gasteiger partial charge in [0.25, 0.3) is 11.6 Å². The molecule has 0 aromatic heterocycles. The first-order valence-electron chi connectivity index (χ1n) is 7.30. The topological polar surface area (TPSA) is 98.5 Å². The number of hydrogen-bond acceptors (Lipinski definition) is 5. The van der Waals surface area contributed by atoms with Gasteiger partial charge >= 0.3 is 5.97 Å². The van der Waals surface area contributed by atoms with E-state index in [1.165, 1.54) is 19.1 Å². The van der Waals surface area contributed by atoms with Gasteiger partial charge in [0.05, 0.1) is 15.0 Å². The summed E-state index contributed by atoms with van der Waals surface area (Å²) < 4.78 is 5.34. The molecule has 8 heteroatoms. The Hall–Kier alpha value is -2.74. The number of nitro groups is 1. The molecule has 25 heavy (non-hydrogen) atoms. The third-order valence-corrected chi connectivity index (χ3v) is 3.99. The Bertz CT molecular complexity index is 838. The first kappa shape index (κ1) is 18.6. The van der Waals surface area contributed by atoms with Crippen LogP contribution in [0.2, 0.25) is 0 Å². The Morgan fingerprint density at radius 2 is 1.96 bits per heavy atom. The second kappa shape index (κ2) is 7.89. The van der Waals surface area contributed by atoms with Gasteiger partial charge in [0.2, 0.25) is 0 Å². The predicted molar refractivity (Wildman–Crippen MR) is 95.5 cm³/mol. The highest BCUT2D eigenvalue weighted by atomic mass is 79.9. The van der Waals surface area contributed by atoms with Crippen molar-refractivity contribution in [3.8, 4) is 0 Å². The molecule has 130 valence electrons. The van der Waals surface area contributed by atoms with Crippen LogP contribution in [0, 0.1) is 17.0 Å². The highest BCUT2D eigenvalue weighted by Crippen LogP contribution is 2.26. The summed E-state index contributed by atoms with van der Waals surface area (Å²) in [5, 5.41) is 13.6. The summed E-state index contributed by atoms with van der Waals surface area (Å²) in [5.41, 5.74) is 1.30. The van der Waals surface area contributed by atoms with Crippen molar-refractivity contribution in [3.05, 3.63) is 68.2 Å². The molecule has 0 fully saturated rings. The Labute approximate surface area is 152 Å². The number of benzene rings is 2. The maximum atomic E-state index is 12.1. The average Bonchev–Trinajstić information content (AvgIpc) is 2.54. The number of ether oxygens (including phenoxy) is 1. The van der Waals surface area contributed by atoms with Gasteiger partial charge in [-0.1, -0.05) is 12.1 Å². The van der Waals surface area contributed by atoms with Gasteiger partial charge in [0, 0.05) is 11.8 Å². The average molecular weight is 407 g/mol. The minimum atomic E-state index is -1.06. The minimum Gasteiger partial charge on any atom is -0.449 e. The van der Waals surface area contributed by atoms with Gasteiger partial charge in [-0.2, -0.15) is 0 Å². The van der Waals surface area contributed by atoms with Crippen LogP contribution in [0.3, 0.4) is 0 Å². The van der Waals surface area contributed by atoms with E-state index in [1.807, 2.05) is 13.0 Å². The van der Waals surface area contributed by atoms with Crippen molar-refractivity contribution in [2.75, 3.05) is 5.32 Å². The summed E-state index contributed by atoms with van der Waals surface area (Å²) in [6.07, 6.45) is -1.06. The lowest BCUT2D eigenvalue weighted by atomic mass is 10.2. The second-order valence-corrected chi connectivity index (χ2v) is 6.18. The molecule has 0 heterocycles. The molecule has 0 spiro atoms. The van der Waals surface area contributed by atoms with E-state index in [-0.39, 0.29) is 15.7 Å². The van der Waals surface area contributed by atoms with Gasteiger partial charge in [-0.25, -0.2) is 4.79 Å². The fourth-order valence-corrected chi connectivity index (χ4v) is 2.42. The lowest BCUT2D eigenvalue weighted by Crippen LogP contribution is -2.30. The highest BCUT2D eigenvalue weighted by molar-refractivity contribution is 9.10. The first-order valence-corrected chi connectivity index (χ1v) is 8.09. The van der Waals surface area contributed by atoms with Crippen LogP contribution in [0.1, 0.15) is 22.8 Å². The molecule has 0 saturated heterocycles. The summed E-state index contributed by atoms with van der Waals surface area (Å²) in [4.78, 5) is 34.5. The largest absolute Gasteiger partial charge is 0.449 e. The van der Waals surface area contributed by atoms with Crippen molar-refractivity contribution in [1.82, 2.24) is 0 Å². The molecule has 0 aliphatic heterocycles. The maximum Gasteiger partial charge on any atom is 0.339 e. The number of nitro benzene ring substituents is 1. The van der Waals surface area contributed by atoms with E-state index in [9.17, 15) is 19.7 Å². The predicted octanol–water partition coefficient (Wildman–Crippen LogP) is 3.85. The number of anilines is 1. The number of halogens is 1. The van der Waals surface area contributed by atoms with E-state index in [0.717, 1.165) is 11.6 Å². The number of hydrogen-bond donors (Lipinski definition) is 1. The number of nitrogens with one attached hydrogen (secondary N) is 1. The highest BCUT2D eigenvalue weighted by Gasteiger charge is 2.21. The zero-order chi connectivity index (χ0) is 18.6. The van der Waals surface area contributed by atoms with Crippen molar-refractivity contribution in [2.45, 2.75) is 20.0 Å². The van der Waals surface area contributed by atoms with Crippen LogP contribution >= 0.6 is 15.9 Å². The van der Waals surface area contributed by atoms with Gasteiger partial charge in [-0.15, -0.1) is 0 Å². The number of esters is 1. The fourth-order valence-electron chi connectivity index (χ4n) is 2.03. The van der Waals surface area contributed by atoms with Gasteiger partial charge in [0.1, 0.15) is 0 Å². The molecule has 1 N–H and O–H groups in total. The lowest BCUT2D eigenvalue weighted by molar-refractivity contribution is -0.385. The van der Waals surface area contributed by atoms with E-state index < -0.39 is 22.9 Å². The van der Waals surface area contributed by atoms with Gasteiger partial charge in [-0.05, 0) is 59.6 Å². The summed E-state index contributed by atoms with van der Waals surface area (Å²) in [7, 11) is 0. The van der Waals surface area contributed by atoms with Crippen molar-refractivity contribution >= 4 is 39.2 Å². The zero-order valence-corrected chi connectivity index (χ0v) is 15.1. The monoisotopic (exact) mass is 406 g/mol. The number of carbonyl (C=O) groups is 2. The molecule has 7 nitrogen and oxygen atoms in total. The van der Waals surface area contributed by atoms with E-state index in [2.05, 4.69) is 21.2 Å². The van der Waals surface area contributed by atoms with Crippen molar-refractivity contribution in [3.63, 3.8) is 0 Å². The van der Waals surface area contributed by atoms with Crippen LogP contribution in [0.5, 0.6) is 0 Å². The van der Waals surface area contributed by atoms with Crippen molar-refractivity contribution in [1.29, 1.82) is 0 Å². The van der Waals surface area contributed by atoms with Gasteiger partial charge in [0.15, 0.2) is 6.10 Å². The van der Waals surface area contributed by atoms with Crippen LogP contribution in [-0.2, 0) is 9.53 Å². The number of carbonyl (C=O) groups excluding carboxylic acids is 2. The second-order valence-electron chi connectivity index (χ2n) is 5.33. The van der Waals surface area contributed by atoms with Gasteiger partial charge < -0.3 is 10.1 Å². The van der Waals surface area contributed by atoms with E-state index in [1.54, 1.807) is 18.2 Å². The molecule has 0 aliphatic rings. The molecule has 0 saturated carbocycles. The quantitative estimate of drug-likeness (QED) is 0.461. The number of amides is 1. The first-order chi connectivity index (χ1) is 11.8. The van der Waals surface area contributed by atoms with Crippen LogP contribution in [0.15, 0.2) is 46.9 Å². The molecule has 0 bridgehead atoms.